The van der Waals surface area contributed by atoms with E-state index in [1.54, 1.807) is 17.2 Å². The normalized spacial score (nSPS) is 10.5. The highest BCUT2D eigenvalue weighted by molar-refractivity contribution is 9.10. The molecule has 0 unspecified atom stereocenters. The predicted octanol–water partition coefficient (Wildman–Crippen LogP) is 6.40. The quantitative estimate of drug-likeness (QED) is 0.193. The van der Waals surface area contributed by atoms with Crippen LogP contribution < -0.4 is 15.0 Å². The fourth-order valence-electron chi connectivity index (χ4n) is 4.24. The molecule has 5 aromatic rings. The van der Waals surface area contributed by atoms with Gasteiger partial charge in [-0.05, 0) is 64.0 Å². The number of nitrogens with one attached hydrogen (secondary N) is 1. The fourth-order valence-corrected chi connectivity index (χ4v) is 4.61. The number of carbonyl (C=O) groups excluding carboxylic acids is 2. The molecule has 0 fully saturated rings. The molecule has 3 aromatic carbocycles. The summed E-state index contributed by atoms with van der Waals surface area (Å²) in [6.07, 6.45) is 3.39. The van der Waals surface area contributed by atoms with Gasteiger partial charge in [0.15, 0.2) is 0 Å². The van der Waals surface area contributed by atoms with Crippen LogP contribution in [0, 0.1) is 0 Å². The highest BCUT2D eigenvalue weighted by Crippen LogP contribution is 2.19. The van der Waals surface area contributed by atoms with Crippen molar-refractivity contribution in [3.63, 3.8) is 0 Å². The van der Waals surface area contributed by atoms with Gasteiger partial charge in [-0.15, -0.1) is 12.4 Å². The molecular weight excluding hydrogens is 604 g/mol. The number of nitrogens with zero attached hydrogens (tertiary/aromatic N) is 3. The number of fused-ring (bicyclic) bond motifs is 1. The van der Waals surface area contributed by atoms with Crippen LogP contribution in [-0.2, 0) is 17.8 Å². The van der Waals surface area contributed by atoms with E-state index in [-0.39, 0.29) is 30.6 Å². The van der Waals surface area contributed by atoms with Gasteiger partial charge in [-0.2, -0.15) is 0 Å². The van der Waals surface area contributed by atoms with Gasteiger partial charge in [0.1, 0.15) is 12.4 Å². The second-order valence-corrected chi connectivity index (χ2v) is 10.1. The minimum atomic E-state index is -0.191. The van der Waals surface area contributed by atoms with Crippen molar-refractivity contribution in [1.82, 2.24) is 15.3 Å². The first-order valence-electron chi connectivity index (χ1n) is 12.9. The summed E-state index contributed by atoms with van der Waals surface area (Å²) in [4.78, 5) is 36.3. The van der Waals surface area contributed by atoms with Crippen molar-refractivity contribution >= 4 is 56.7 Å². The number of rotatable bonds is 10. The van der Waals surface area contributed by atoms with Crippen molar-refractivity contribution in [3.05, 3.63) is 131 Å². The van der Waals surface area contributed by atoms with Gasteiger partial charge in [0, 0.05) is 41.0 Å². The first kappa shape index (κ1) is 29.7. The van der Waals surface area contributed by atoms with Gasteiger partial charge in [-0.25, -0.2) is 4.98 Å². The molecule has 2 heterocycles. The zero-order valence-corrected chi connectivity index (χ0v) is 24.5. The Hall–Kier alpha value is -4.27. The van der Waals surface area contributed by atoms with Crippen LogP contribution in [0.25, 0.3) is 10.9 Å². The molecule has 0 aliphatic heterocycles. The number of anilines is 1. The van der Waals surface area contributed by atoms with Crippen LogP contribution in [-0.4, -0.2) is 34.9 Å². The summed E-state index contributed by atoms with van der Waals surface area (Å²) in [5, 5.41) is 4.02. The Morgan fingerprint density at radius 1 is 0.878 bits per heavy atom. The topological polar surface area (TPSA) is 84.4 Å². The van der Waals surface area contributed by atoms with Crippen molar-refractivity contribution < 1.29 is 14.3 Å². The molecule has 2 aromatic heterocycles. The summed E-state index contributed by atoms with van der Waals surface area (Å²) in [5.41, 5.74) is 3.86. The number of benzene rings is 3. The second kappa shape index (κ2) is 14.4. The van der Waals surface area contributed by atoms with Crippen LogP contribution in [0.1, 0.15) is 21.6 Å². The summed E-state index contributed by atoms with van der Waals surface area (Å²) >= 11 is 3.37. The monoisotopic (exact) mass is 630 g/mol. The van der Waals surface area contributed by atoms with Gasteiger partial charge in [-0.1, -0.05) is 54.6 Å². The summed E-state index contributed by atoms with van der Waals surface area (Å²) in [6, 6.07) is 30.5. The third-order valence-electron chi connectivity index (χ3n) is 6.25. The zero-order chi connectivity index (χ0) is 27.7. The lowest BCUT2D eigenvalue weighted by Gasteiger charge is -2.23. The summed E-state index contributed by atoms with van der Waals surface area (Å²) in [7, 11) is 0. The SMILES string of the molecule is Cl.O=C(Cc1ccc(OCc2ccc3ccccc3n2)cc1)NCCN(C(=O)c1cncc(Br)c1)c1ccccc1. The summed E-state index contributed by atoms with van der Waals surface area (Å²) in [6.45, 7) is 0.981. The Morgan fingerprint density at radius 2 is 1.63 bits per heavy atom. The number of para-hydroxylation sites is 2. The Labute approximate surface area is 253 Å². The number of aromatic nitrogens is 2. The van der Waals surface area contributed by atoms with E-state index in [0.717, 1.165) is 32.3 Å². The van der Waals surface area contributed by atoms with E-state index < -0.39 is 0 Å². The minimum Gasteiger partial charge on any atom is -0.487 e. The maximum Gasteiger partial charge on any atom is 0.259 e. The van der Waals surface area contributed by atoms with Crippen molar-refractivity contribution in [2.45, 2.75) is 13.0 Å². The molecule has 7 nitrogen and oxygen atoms in total. The third-order valence-corrected chi connectivity index (χ3v) is 6.69. The van der Waals surface area contributed by atoms with Crippen LogP contribution in [0.4, 0.5) is 5.69 Å². The molecule has 0 saturated carbocycles. The molecule has 0 spiro atoms. The number of halogens is 2. The molecule has 0 bridgehead atoms. The molecule has 5 rings (SSSR count). The second-order valence-electron chi connectivity index (χ2n) is 9.14. The van der Waals surface area contributed by atoms with Gasteiger partial charge in [0.25, 0.3) is 5.91 Å². The average molecular weight is 632 g/mol. The standard InChI is InChI=1S/C32H27BrN4O3.ClH/c33-26-19-25(20-34-21-26)32(39)37(28-7-2-1-3-8-28)17-16-35-31(38)18-23-10-14-29(15-11-23)40-22-27-13-12-24-6-4-5-9-30(24)36-27;/h1-15,19-21H,16-18,22H2,(H,35,38);1H. The zero-order valence-electron chi connectivity index (χ0n) is 22.1. The minimum absolute atomic E-state index is 0. The van der Waals surface area contributed by atoms with Gasteiger partial charge < -0.3 is 15.0 Å². The number of pyridine rings is 2. The Balaban J connectivity index is 0.00000387. The molecule has 41 heavy (non-hydrogen) atoms. The highest BCUT2D eigenvalue weighted by atomic mass is 79.9. The maximum atomic E-state index is 13.2. The number of hydrogen-bond donors (Lipinski definition) is 1. The average Bonchev–Trinajstić information content (AvgIpc) is 2.99. The lowest BCUT2D eigenvalue weighted by molar-refractivity contribution is -0.120. The van der Waals surface area contributed by atoms with Crippen molar-refractivity contribution in [2.75, 3.05) is 18.0 Å². The summed E-state index contributed by atoms with van der Waals surface area (Å²) < 4.78 is 6.62. The van der Waals surface area contributed by atoms with Crippen LogP contribution in [0.3, 0.4) is 0 Å². The molecule has 1 N–H and O–H groups in total. The smallest absolute Gasteiger partial charge is 0.259 e. The molecule has 2 amide bonds. The fraction of sp³-hybridized carbons (Fsp3) is 0.125. The van der Waals surface area contributed by atoms with E-state index in [2.05, 4.69) is 31.2 Å². The van der Waals surface area contributed by atoms with E-state index in [9.17, 15) is 9.59 Å². The lowest BCUT2D eigenvalue weighted by Crippen LogP contribution is -2.39. The number of carbonyl (C=O) groups is 2. The van der Waals surface area contributed by atoms with Crippen LogP contribution in [0.5, 0.6) is 5.75 Å². The molecule has 0 saturated heterocycles. The van der Waals surface area contributed by atoms with E-state index in [4.69, 9.17) is 4.74 Å². The number of amides is 2. The van der Waals surface area contributed by atoms with E-state index in [1.165, 1.54) is 6.20 Å². The Bertz CT molecular complexity index is 1620. The Kier molecular flexibility index (Phi) is 10.4. The molecule has 9 heteroatoms. The number of ether oxygens (including phenoxy) is 1. The van der Waals surface area contributed by atoms with Gasteiger partial charge in [-0.3, -0.25) is 14.6 Å². The van der Waals surface area contributed by atoms with Crippen LogP contribution in [0.15, 0.2) is 114 Å². The maximum absolute atomic E-state index is 13.2. The molecule has 0 aliphatic carbocycles. The predicted molar refractivity (Wildman–Crippen MR) is 167 cm³/mol. The van der Waals surface area contributed by atoms with Gasteiger partial charge in [0.2, 0.25) is 5.91 Å². The van der Waals surface area contributed by atoms with E-state index in [1.807, 2.05) is 91.0 Å². The van der Waals surface area contributed by atoms with Crippen molar-refractivity contribution in [1.29, 1.82) is 0 Å². The van der Waals surface area contributed by atoms with Crippen LogP contribution >= 0.6 is 28.3 Å². The molecule has 208 valence electrons. The molecule has 0 radical (unpaired) electrons. The van der Waals surface area contributed by atoms with Gasteiger partial charge >= 0.3 is 0 Å². The van der Waals surface area contributed by atoms with Gasteiger partial charge in [0.05, 0.1) is 23.2 Å². The van der Waals surface area contributed by atoms with E-state index in [0.29, 0.717) is 31.0 Å². The Morgan fingerprint density at radius 3 is 2.41 bits per heavy atom. The largest absolute Gasteiger partial charge is 0.487 e. The molecule has 0 atom stereocenters. The van der Waals surface area contributed by atoms with Crippen molar-refractivity contribution in [2.24, 2.45) is 0 Å². The lowest BCUT2D eigenvalue weighted by atomic mass is 10.1. The van der Waals surface area contributed by atoms with Crippen molar-refractivity contribution in [3.8, 4) is 5.75 Å². The van der Waals surface area contributed by atoms with E-state index >= 15 is 0 Å². The first-order valence-corrected chi connectivity index (χ1v) is 13.6. The third kappa shape index (κ3) is 8.13. The molecule has 0 aliphatic rings. The number of hydrogen-bond acceptors (Lipinski definition) is 5. The first-order chi connectivity index (χ1) is 19.5. The van der Waals surface area contributed by atoms with Crippen LogP contribution in [0.2, 0.25) is 0 Å². The highest BCUT2D eigenvalue weighted by Gasteiger charge is 2.18. The molecular formula is C32H28BrClN4O3. The summed E-state index contributed by atoms with van der Waals surface area (Å²) in [5.74, 6) is 0.389.